The van der Waals surface area contributed by atoms with E-state index < -0.39 is 6.04 Å². The Kier molecular flexibility index (Phi) is 9.80. The molecular weight excluding hydrogens is 451 g/mol. The highest BCUT2D eigenvalue weighted by Crippen LogP contribution is 2.20. The Bertz CT molecular complexity index is 1130. The van der Waals surface area contributed by atoms with Crippen molar-refractivity contribution >= 4 is 11.8 Å². The second-order valence-electron chi connectivity index (χ2n) is 9.88. The predicted molar refractivity (Wildman–Crippen MR) is 143 cm³/mol. The standard InChI is InChI=1S/C31H37FN2O2/c1-22(2)26-17-14-24(15-18-26)16-19-30(35)34(21-27-12-8-9-13-28(27)32)29(31(36)33-23(3)4)20-25-10-6-5-7-11-25/h5-15,17-18,22-23,29H,16,19-21H2,1-4H3,(H,33,36). The molecule has 0 aromatic heterocycles. The monoisotopic (exact) mass is 488 g/mol. The molecule has 0 aliphatic heterocycles. The zero-order valence-electron chi connectivity index (χ0n) is 21.7. The van der Waals surface area contributed by atoms with Crippen LogP contribution < -0.4 is 5.32 Å². The van der Waals surface area contributed by atoms with Gasteiger partial charge in [0.2, 0.25) is 11.8 Å². The van der Waals surface area contributed by atoms with Crippen LogP contribution in [0.15, 0.2) is 78.9 Å². The first kappa shape index (κ1) is 27.1. The average Bonchev–Trinajstić information content (AvgIpc) is 2.86. The van der Waals surface area contributed by atoms with E-state index in [1.807, 2.05) is 44.2 Å². The minimum Gasteiger partial charge on any atom is -0.352 e. The third kappa shape index (κ3) is 7.77. The number of aryl methyl sites for hydroxylation is 1. The van der Waals surface area contributed by atoms with Crippen molar-refractivity contribution in [2.45, 2.75) is 71.5 Å². The fourth-order valence-corrected chi connectivity index (χ4v) is 4.21. The molecule has 0 saturated heterocycles. The number of halogens is 1. The van der Waals surface area contributed by atoms with Crippen molar-refractivity contribution in [1.82, 2.24) is 10.2 Å². The summed E-state index contributed by atoms with van der Waals surface area (Å²) < 4.78 is 14.6. The maximum absolute atomic E-state index is 14.6. The maximum Gasteiger partial charge on any atom is 0.243 e. The first-order valence-electron chi connectivity index (χ1n) is 12.7. The van der Waals surface area contributed by atoms with Gasteiger partial charge < -0.3 is 10.2 Å². The van der Waals surface area contributed by atoms with Gasteiger partial charge in [0.15, 0.2) is 0 Å². The maximum atomic E-state index is 14.6. The smallest absolute Gasteiger partial charge is 0.243 e. The quantitative estimate of drug-likeness (QED) is 0.357. The van der Waals surface area contributed by atoms with E-state index >= 15 is 0 Å². The van der Waals surface area contributed by atoms with E-state index in [0.29, 0.717) is 24.3 Å². The molecule has 0 aliphatic carbocycles. The Morgan fingerprint density at radius 3 is 2.08 bits per heavy atom. The van der Waals surface area contributed by atoms with Crippen LogP contribution in [-0.4, -0.2) is 28.8 Å². The highest BCUT2D eigenvalue weighted by atomic mass is 19.1. The molecular formula is C31H37FN2O2. The molecule has 4 nitrogen and oxygen atoms in total. The summed E-state index contributed by atoms with van der Waals surface area (Å²) in [5.41, 5.74) is 3.64. The molecule has 1 N–H and O–H groups in total. The van der Waals surface area contributed by atoms with Crippen molar-refractivity contribution < 1.29 is 14.0 Å². The van der Waals surface area contributed by atoms with Gasteiger partial charge in [-0.3, -0.25) is 9.59 Å². The summed E-state index contributed by atoms with van der Waals surface area (Å²) in [4.78, 5) is 28.6. The molecule has 1 unspecified atom stereocenters. The number of carbonyl (C=O) groups is 2. The summed E-state index contributed by atoms with van der Waals surface area (Å²) in [6.45, 7) is 8.10. The van der Waals surface area contributed by atoms with Crippen molar-refractivity contribution in [3.05, 3.63) is 107 Å². The van der Waals surface area contributed by atoms with Gasteiger partial charge in [0, 0.05) is 31.0 Å². The van der Waals surface area contributed by atoms with Crippen LogP contribution in [0, 0.1) is 5.82 Å². The molecule has 0 fully saturated rings. The third-order valence-corrected chi connectivity index (χ3v) is 6.27. The van der Waals surface area contributed by atoms with E-state index in [1.54, 1.807) is 23.1 Å². The molecule has 190 valence electrons. The van der Waals surface area contributed by atoms with Crippen LogP contribution in [0.1, 0.15) is 62.3 Å². The molecule has 0 spiro atoms. The van der Waals surface area contributed by atoms with Crippen LogP contribution in [-0.2, 0) is 29.0 Å². The van der Waals surface area contributed by atoms with Crippen LogP contribution in [0.2, 0.25) is 0 Å². The fourth-order valence-electron chi connectivity index (χ4n) is 4.21. The summed E-state index contributed by atoms with van der Waals surface area (Å²) in [5.74, 6) is -0.358. The van der Waals surface area contributed by atoms with Gasteiger partial charge >= 0.3 is 0 Å². The van der Waals surface area contributed by atoms with Gasteiger partial charge in [-0.1, -0.05) is 86.6 Å². The second-order valence-corrected chi connectivity index (χ2v) is 9.88. The molecule has 0 radical (unpaired) electrons. The number of rotatable bonds is 11. The zero-order chi connectivity index (χ0) is 26.1. The van der Waals surface area contributed by atoms with Crippen molar-refractivity contribution in [1.29, 1.82) is 0 Å². The summed E-state index contributed by atoms with van der Waals surface area (Å²) in [6, 6.07) is 23.5. The molecule has 0 heterocycles. The van der Waals surface area contributed by atoms with Gasteiger partial charge in [0.1, 0.15) is 11.9 Å². The molecule has 3 aromatic carbocycles. The van der Waals surface area contributed by atoms with Crippen LogP contribution in [0.3, 0.4) is 0 Å². The fraction of sp³-hybridized carbons (Fsp3) is 0.355. The largest absolute Gasteiger partial charge is 0.352 e. The van der Waals surface area contributed by atoms with Gasteiger partial charge in [-0.2, -0.15) is 0 Å². The molecule has 0 aliphatic rings. The molecule has 0 bridgehead atoms. The second kappa shape index (κ2) is 13.0. The van der Waals surface area contributed by atoms with Crippen LogP contribution in [0.25, 0.3) is 0 Å². The lowest BCUT2D eigenvalue weighted by atomic mass is 9.99. The first-order valence-corrected chi connectivity index (χ1v) is 12.7. The highest BCUT2D eigenvalue weighted by Gasteiger charge is 2.31. The topological polar surface area (TPSA) is 49.4 Å². The van der Waals surface area contributed by atoms with Gasteiger partial charge in [-0.15, -0.1) is 0 Å². The predicted octanol–water partition coefficient (Wildman–Crippen LogP) is 6.05. The molecule has 3 rings (SSSR count). The van der Waals surface area contributed by atoms with Crippen molar-refractivity contribution in [3.8, 4) is 0 Å². The number of carbonyl (C=O) groups excluding carboxylic acids is 2. The zero-order valence-corrected chi connectivity index (χ0v) is 21.7. The molecule has 3 aromatic rings. The lowest BCUT2D eigenvalue weighted by molar-refractivity contribution is -0.141. The Labute approximate surface area is 214 Å². The van der Waals surface area contributed by atoms with Crippen LogP contribution >= 0.6 is 0 Å². The van der Waals surface area contributed by atoms with Gasteiger partial charge in [0.05, 0.1) is 0 Å². The van der Waals surface area contributed by atoms with E-state index in [-0.39, 0.29) is 36.6 Å². The number of nitrogens with zero attached hydrogens (tertiary/aromatic N) is 1. The molecule has 5 heteroatoms. The number of hydrogen-bond donors (Lipinski definition) is 1. The Morgan fingerprint density at radius 2 is 1.47 bits per heavy atom. The average molecular weight is 489 g/mol. The van der Waals surface area contributed by atoms with E-state index in [9.17, 15) is 14.0 Å². The van der Waals surface area contributed by atoms with Crippen molar-refractivity contribution in [3.63, 3.8) is 0 Å². The van der Waals surface area contributed by atoms with Crippen molar-refractivity contribution in [2.75, 3.05) is 0 Å². The third-order valence-electron chi connectivity index (χ3n) is 6.27. The van der Waals surface area contributed by atoms with Crippen molar-refractivity contribution in [2.24, 2.45) is 0 Å². The van der Waals surface area contributed by atoms with Crippen LogP contribution in [0.4, 0.5) is 4.39 Å². The van der Waals surface area contributed by atoms with E-state index in [0.717, 1.165) is 11.1 Å². The first-order chi connectivity index (χ1) is 17.2. The lowest BCUT2D eigenvalue weighted by Gasteiger charge is -2.32. The van der Waals surface area contributed by atoms with E-state index in [2.05, 4.69) is 43.4 Å². The Morgan fingerprint density at radius 1 is 0.833 bits per heavy atom. The summed E-state index contributed by atoms with van der Waals surface area (Å²) in [6.07, 6.45) is 1.13. The minimum atomic E-state index is -0.759. The minimum absolute atomic E-state index is 0.0286. The Hall–Kier alpha value is -3.47. The van der Waals surface area contributed by atoms with Gasteiger partial charge in [0.25, 0.3) is 0 Å². The lowest BCUT2D eigenvalue weighted by Crippen LogP contribution is -2.52. The van der Waals surface area contributed by atoms with E-state index in [4.69, 9.17) is 0 Å². The van der Waals surface area contributed by atoms with Gasteiger partial charge in [-0.05, 0) is 48.9 Å². The normalized spacial score (nSPS) is 12.0. The molecule has 36 heavy (non-hydrogen) atoms. The number of amides is 2. The molecule has 2 amide bonds. The van der Waals surface area contributed by atoms with Gasteiger partial charge in [-0.25, -0.2) is 4.39 Å². The Balaban J connectivity index is 1.89. The summed E-state index contributed by atoms with van der Waals surface area (Å²) in [5, 5.41) is 2.96. The van der Waals surface area contributed by atoms with E-state index in [1.165, 1.54) is 11.6 Å². The summed E-state index contributed by atoms with van der Waals surface area (Å²) >= 11 is 0. The number of nitrogens with one attached hydrogen (secondary N) is 1. The SMILES string of the molecule is CC(C)NC(=O)C(Cc1ccccc1)N(Cc1ccccc1F)C(=O)CCc1ccc(C(C)C)cc1. The summed E-state index contributed by atoms with van der Waals surface area (Å²) in [7, 11) is 0. The molecule has 1 atom stereocenters. The van der Waals surface area contributed by atoms with Crippen LogP contribution in [0.5, 0.6) is 0 Å². The molecule has 0 saturated carbocycles. The number of benzene rings is 3. The highest BCUT2D eigenvalue weighted by molar-refractivity contribution is 5.88. The number of hydrogen-bond acceptors (Lipinski definition) is 2.